The normalized spacial score (nSPS) is 12.3. The minimum atomic E-state index is -0.00704. The number of aryl methyl sites for hydroxylation is 3. The zero-order valence-corrected chi connectivity index (χ0v) is 16.6. The van der Waals surface area contributed by atoms with Crippen molar-refractivity contribution in [1.29, 1.82) is 0 Å². The monoisotopic (exact) mass is 367 g/mol. The highest BCUT2D eigenvalue weighted by atomic mass is 32.2. The largest absolute Gasteiger partial charge is 0.349 e. The lowest BCUT2D eigenvalue weighted by molar-refractivity contribution is -0.119. The first-order chi connectivity index (χ1) is 12.5. The van der Waals surface area contributed by atoms with Crippen molar-refractivity contribution in [2.75, 3.05) is 5.75 Å². The minimum Gasteiger partial charge on any atom is -0.349 e. The highest BCUT2D eigenvalue weighted by molar-refractivity contribution is 7.99. The standard InChI is InChI=1S/C21H25N3OS/c1-5-24-19-9-7-6-8-18(19)23-21(24)26-13-20(25)22-16(4)17-11-10-14(2)15(3)12-17/h6-12,16H,5,13H2,1-4H3,(H,22,25). The first-order valence-electron chi connectivity index (χ1n) is 8.94. The fraction of sp³-hybridized carbons (Fsp3) is 0.333. The average molecular weight is 368 g/mol. The highest BCUT2D eigenvalue weighted by Crippen LogP contribution is 2.24. The van der Waals surface area contributed by atoms with Crippen LogP contribution in [0.3, 0.4) is 0 Å². The van der Waals surface area contributed by atoms with Gasteiger partial charge >= 0.3 is 0 Å². The van der Waals surface area contributed by atoms with Gasteiger partial charge in [0.2, 0.25) is 5.91 Å². The third-order valence-corrected chi connectivity index (χ3v) is 5.65. The fourth-order valence-electron chi connectivity index (χ4n) is 3.00. The molecular formula is C21H25N3OS. The molecule has 1 unspecified atom stereocenters. The Morgan fingerprint density at radius 2 is 1.96 bits per heavy atom. The van der Waals surface area contributed by atoms with E-state index < -0.39 is 0 Å². The Kier molecular flexibility index (Phi) is 5.67. The van der Waals surface area contributed by atoms with Gasteiger partial charge in [-0.1, -0.05) is 42.1 Å². The van der Waals surface area contributed by atoms with Crippen molar-refractivity contribution in [2.24, 2.45) is 0 Å². The predicted molar refractivity (Wildman–Crippen MR) is 109 cm³/mol. The number of carbonyl (C=O) groups excluding carboxylic acids is 1. The van der Waals surface area contributed by atoms with E-state index in [1.807, 2.05) is 25.1 Å². The molecule has 0 saturated heterocycles. The molecule has 0 saturated carbocycles. The van der Waals surface area contributed by atoms with Crippen LogP contribution in [0.1, 0.15) is 36.6 Å². The molecule has 1 N–H and O–H groups in total. The number of carbonyl (C=O) groups is 1. The Balaban J connectivity index is 1.64. The Morgan fingerprint density at radius 3 is 2.69 bits per heavy atom. The number of thioether (sulfide) groups is 1. The number of hydrogen-bond donors (Lipinski definition) is 1. The van der Waals surface area contributed by atoms with Crippen LogP contribution in [0.4, 0.5) is 0 Å². The van der Waals surface area contributed by atoms with E-state index >= 15 is 0 Å². The Hall–Kier alpha value is -2.27. The van der Waals surface area contributed by atoms with Crippen molar-refractivity contribution < 1.29 is 4.79 Å². The van der Waals surface area contributed by atoms with Crippen LogP contribution in [-0.2, 0) is 11.3 Å². The maximum absolute atomic E-state index is 12.4. The van der Waals surface area contributed by atoms with E-state index in [1.54, 1.807) is 0 Å². The molecule has 1 heterocycles. The molecule has 1 aromatic heterocycles. The van der Waals surface area contributed by atoms with Gasteiger partial charge in [0.15, 0.2) is 5.16 Å². The molecule has 0 bridgehead atoms. The molecule has 1 atom stereocenters. The summed E-state index contributed by atoms with van der Waals surface area (Å²) in [5.41, 5.74) is 5.73. The van der Waals surface area contributed by atoms with Crippen LogP contribution in [0.2, 0.25) is 0 Å². The first-order valence-corrected chi connectivity index (χ1v) is 9.92. The SMILES string of the molecule is CCn1c(SCC(=O)NC(C)c2ccc(C)c(C)c2)nc2ccccc21. The van der Waals surface area contributed by atoms with Gasteiger partial charge in [0, 0.05) is 6.54 Å². The Morgan fingerprint density at radius 1 is 1.19 bits per heavy atom. The number of hydrogen-bond acceptors (Lipinski definition) is 3. The molecule has 26 heavy (non-hydrogen) atoms. The summed E-state index contributed by atoms with van der Waals surface area (Å²) in [6, 6.07) is 14.4. The second kappa shape index (κ2) is 7.96. The quantitative estimate of drug-likeness (QED) is 0.646. The maximum atomic E-state index is 12.4. The lowest BCUT2D eigenvalue weighted by Crippen LogP contribution is -2.28. The summed E-state index contributed by atoms with van der Waals surface area (Å²) in [6.45, 7) is 9.15. The molecule has 0 aliphatic rings. The molecule has 2 aromatic carbocycles. The molecule has 0 aliphatic heterocycles. The molecule has 0 spiro atoms. The average Bonchev–Trinajstić information content (AvgIpc) is 2.99. The maximum Gasteiger partial charge on any atom is 0.230 e. The van der Waals surface area contributed by atoms with Gasteiger partial charge in [-0.3, -0.25) is 4.79 Å². The molecule has 3 aromatic rings. The van der Waals surface area contributed by atoms with Gasteiger partial charge in [0.25, 0.3) is 0 Å². The number of nitrogens with zero attached hydrogens (tertiary/aromatic N) is 2. The molecule has 1 amide bonds. The Bertz CT molecular complexity index is 932. The first kappa shape index (κ1) is 18.5. The number of benzene rings is 2. The van der Waals surface area contributed by atoms with Gasteiger partial charge in [-0.2, -0.15) is 0 Å². The van der Waals surface area contributed by atoms with Crippen LogP contribution in [0.15, 0.2) is 47.6 Å². The minimum absolute atomic E-state index is 0.00704. The second-order valence-electron chi connectivity index (χ2n) is 6.55. The number of rotatable bonds is 6. The van der Waals surface area contributed by atoms with E-state index in [2.05, 4.69) is 59.9 Å². The number of nitrogens with one attached hydrogen (secondary N) is 1. The van der Waals surface area contributed by atoms with Gasteiger partial charge in [0.05, 0.1) is 22.8 Å². The lowest BCUT2D eigenvalue weighted by atomic mass is 10.0. The third kappa shape index (κ3) is 3.93. The molecule has 0 radical (unpaired) electrons. The van der Waals surface area contributed by atoms with E-state index in [9.17, 15) is 4.79 Å². The van der Waals surface area contributed by atoms with Crippen LogP contribution in [0.25, 0.3) is 11.0 Å². The van der Waals surface area contributed by atoms with Crippen LogP contribution in [0, 0.1) is 13.8 Å². The predicted octanol–water partition coefficient (Wildman–Crippen LogP) is 4.64. The summed E-state index contributed by atoms with van der Waals surface area (Å²) in [7, 11) is 0. The van der Waals surface area contributed by atoms with E-state index in [1.165, 1.54) is 22.9 Å². The summed E-state index contributed by atoms with van der Waals surface area (Å²) in [5, 5.41) is 3.98. The summed E-state index contributed by atoms with van der Waals surface area (Å²) in [5.74, 6) is 0.383. The Labute approximate surface area is 159 Å². The lowest BCUT2D eigenvalue weighted by Gasteiger charge is -2.15. The van der Waals surface area contributed by atoms with E-state index in [4.69, 9.17) is 0 Å². The van der Waals surface area contributed by atoms with Crippen LogP contribution in [0.5, 0.6) is 0 Å². The van der Waals surface area contributed by atoms with E-state index in [-0.39, 0.29) is 11.9 Å². The van der Waals surface area contributed by atoms with E-state index in [0.29, 0.717) is 5.75 Å². The van der Waals surface area contributed by atoms with Gasteiger partial charge in [-0.25, -0.2) is 4.98 Å². The van der Waals surface area contributed by atoms with Crippen LogP contribution >= 0.6 is 11.8 Å². The molecular weight excluding hydrogens is 342 g/mol. The summed E-state index contributed by atoms with van der Waals surface area (Å²) in [4.78, 5) is 17.1. The summed E-state index contributed by atoms with van der Waals surface area (Å²) in [6.07, 6.45) is 0. The van der Waals surface area contributed by atoms with E-state index in [0.717, 1.165) is 28.3 Å². The molecule has 4 nitrogen and oxygen atoms in total. The smallest absolute Gasteiger partial charge is 0.230 e. The van der Waals surface area contributed by atoms with Crippen LogP contribution in [-0.4, -0.2) is 21.2 Å². The van der Waals surface area contributed by atoms with Gasteiger partial charge in [0.1, 0.15) is 0 Å². The zero-order valence-electron chi connectivity index (χ0n) is 15.7. The van der Waals surface area contributed by atoms with Gasteiger partial charge < -0.3 is 9.88 Å². The molecule has 136 valence electrons. The van der Waals surface area contributed by atoms with Crippen molar-refractivity contribution in [3.05, 3.63) is 59.2 Å². The van der Waals surface area contributed by atoms with Gasteiger partial charge in [-0.05, 0) is 56.5 Å². The number of imidazole rings is 1. The van der Waals surface area contributed by atoms with Crippen molar-refractivity contribution in [3.63, 3.8) is 0 Å². The molecule has 5 heteroatoms. The zero-order chi connectivity index (χ0) is 18.7. The highest BCUT2D eigenvalue weighted by Gasteiger charge is 2.14. The topological polar surface area (TPSA) is 46.9 Å². The molecule has 3 rings (SSSR count). The van der Waals surface area contributed by atoms with Crippen molar-refractivity contribution in [3.8, 4) is 0 Å². The number of aromatic nitrogens is 2. The van der Waals surface area contributed by atoms with Gasteiger partial charge in [-0.15, -0.1) is 0 Å². The van der Waals surface area contributed by atoms with Crippen molar-refractivity contribution in [1.82, 2.24) is 14.9 Å². The van der Waals surface area contributed by atoms with Crippen molar-refractivity contribution in [2.45, 2.75) is 45.4 Å². The summed E-state index contributed by atoms with van der Waals surface area (Å²) >= 11 is 1.49. The number of amides is 1. The fourth-order valence-corrected chi connectivity index (χ4v) is 3.89. The number of fused-ring (bicyclic) bond motifs is 1. The molecule has 0 aliphatic carbocycles. The third-order valence-electron chi connectivity index (χ3n) is 4.68. The summed E-state index contributed by atoms with van der Waals surface area (Å²) < 4.78 is 2.15. The second-order valence-corrected chi connectivity index (χ2v) is 7.49. The molecule has 0 fully saturated rings. The van der Waals surface area contributed by atoms with Crippen molar-refractivity contribution >= 4 is 28.7 Å². The van der Waals surface area contributed by atoms with Crippen LogP contribution < -0.4 is 5.32 Å². The number of para-hydroxylation sites is 2.